The normalized spacial score (nSPS) is 17.5. The lowest BCUT2D eigenvalue weighted by molar-refractivity contribution is -0.130. The number of carbonyl (C=O) groups is 2. The van der Waals surface area contributed by atoms with Gasteiger partial charge in [-0.2, -0.15) is 0 Å². The number of hydrogen-bond donors (Lipinski definition) is 0. The minimum atomic E-state index is 0.177. The SMILES string of the molecule is CC(=O)CCCCN1CCN(C(C)=O)CC1. The molecule has 92 valence electrons. The summed E-state index contributed by atoms with van der Waals surface area (Å²) in [6.45, 7) is 7.97. The van der Waals surface area contributed by atoms with Crippen LogP contribution in [0.2, 0.25) is 0 Å². The zero-order chi connectivity index (χ0) is 12.0. The molecule has 0 spiro atoms. The summed E-state index contributed by atoms with van der Waals surface area (Å²) in [4.78, 5) is 26.1. The van der Waals surface area contributed by atoms with Crippen LogP contribution in [-0.4, -0.2) is 54.2 Å². The maximum absolute atomic E-state index is 11.1. The number of unbranched alkanes of at least 4 members (excludes halogenated alkanes) is 1. The summed E-state index contributed by atoms with van der Waals surface area (Å²) in [5.41, 5.74) is 0. The highest BCUT2D eigenvalue weighted by atomic mass is 16.2. The Morgan fingerprint density at radius 1 is 1.00 bits per heavy atom. The lowest BCUT2D eigenvalue weighted by atomic mass is 10.2. The van der Waals surface area contributed by atoms with Crippen LogP contribution in [0.15, 0.2) is 0 Å². The van der Waals surface area contributed by atoms with E-state index in [0.717, 1.165) is 45.6 Å². The van der Waals surface area contributed by atoms with E-state index < -0.39 is 0 Å². The van der Waals surface area contributed by atoms with Crippen LogP contribution in [0.4, 0.5) is 0 Å². The number of piperazine rings is 1. The number of carbonyl (C=O) groups excluding carboxylic acids is 2. The Balaban J connectivity index is 2.08. The highest BCUT2D eigenvalue weighted by Crippen LogP contribution is 2.05. The fourth-order valence-electron chi connectivity index (χ4n) is 2.00. The van der Waals surface area contributed by atoms with Gasteiger partial charge in [0.05, 0.1) is 0 Å². The third kappa shape index (κ3) is 4.75. The summed E-state index contributed by atoms with van der Waals surface area (Å²) in [5, 5.41) is 0. The topological polar surface area (TPSA) is 40.6 Å². The van der Waals surface area contributed by atoms with Gasteiger partial charge in [0.15, 0.2) is 0 Å². The van der Waals surface area contributed by atoms with Gasteiger partial charge < -0.3 is 9.69 Å². The highest BCUT2D eigenvalue weighted by molar-refractivity contribution is 5.75. The molecule has 0 radical (unpaired) electrons. The van der Waals surface area contributed by atoms with E-state index in [0.29, 0.717) is 6.42 Å². The number of nitrogens with zero attached hydrogens (tertiary/aromatic N) is 2. The standard InChI is InChI=1S/C12H22N2O2/c1-11(15)5-3-4-6-13-7-9-14(10-8-13)12(2)16/h3-10H2,1-2H3. The van der Waals surface area contributed by atoms with Crippen LogP contribution in [0, 0.1) is 0 Å². The van der Waals surface area contributed by atoms with E-state index in [1.165, 1.54) is 0 Å². The average Bonchev–Trinajstić information content (AvgIpc) is 2.25. The minimum Gasteiger partial charge on any atom is -0.340 e. The molecule has 0 saturated carbocycles. The number of hydrogen-bond acceptors (Lipinski definition) is 3. The van der Waals surface area contributed by atoms with E-state index >= 15 is 0 Å². The quantitative estimate of drug-likeness (QED) is 0.654. The monoisotopic (exact) mass is 226 g/mol. The Morgan fingerprint density at radius 3 is 2.12 bits per heavy atom. The smallest absolute Gasteiger partial charge is 0.219 e. The summed E-state index contributed by atoms with van der Waals surface area (Å²) >= 11 is 0. The van der Waals surface area contributed by atoms with Crippen LogP contribution in [0.5, 0.6) is 0 Å². The summed E-state index contributed by atoms with van der Waals surface area (Å²) < 4.78 is 0. The van der Waals surface area contributed by atoms with E-state index in [-0.39, 0.29) is 11.7 Å². The molecule has 0 aromatic rings. The van der Waals surface area contributed by atoms with Crippen LogP contribution < -0.4 is 0 Å². The summed E-state index contributed by atoms with van der Waals surface area (Å²) in [5.74, 6) is 0.456. The zero-order valence-electron chi connectivity index (χ0n) is 10.4. The molecule has 1 saturated heterocycles. The number of Topliss-reactive ketones (excluding diaryl/α,β-unsaturated/α-hetero) is 1. The molecule has 0 aromatic heterocycles. The van der Waals surface area contributed by atoms with Crippen molar-refractivity contribution in [3.05, 3.63) is 0 Å². The van der Waals surface area contributed by atoms with E-state index in [2.05, 4.69) is 4.90 Å². The van der Waals surface area contributed by atoms with Crippen molar-refractivity contribution in [2.45, 2.75) is 33.1 Å². The fourth-order valence-corrected chi connectivity index (χ4v) is 2.00. The summed E-state index contributed by atoms with van der Waals surface area (Å²) in [6, 6.07) is 0. The molecule has 0 bridgehead atoms. The molecule has 4 heteroatoms. The Hall–Kier alpha value is -0.900. The van der Waals surface area contributed by atoms with Crippen LogP contribution in [0.25, 0.3) is 0 Å². The van der Waals surface area contributed by atoms with Crippen molar-refractivity contribution >= 4 is 11.7 Å². The number of amides is 1. The van der Waals surface area contributed by atoms with Gasteiger partial charge in [0, 0.05) is 39.5 Å². The Morgan fingerprint density at radius 2 is 1.62 bits per heavy atom. The van der Waals surface area contributed by atoms with Gasteiger partial charge in [-0.3, -0.25) is 9.69 Å². The Kier molecular flexibility index (Phi) is 5.46. The number of ketones is 1. The third-order valence-corrected chi connectivity index (χ3v) is 3.07. The van der Waals surface area contributed by atoms with Crippen molar-refractivity contribution in [2.24, 2.45) is 0 Å². The predicted octanol–water partition coefficient (Wildman–Crippen LogP) is 0.910. The van der Waals surface area contributed by atoms with Gasteiger partial charge in [-0.15, -0.1) is 0 Å². The van der Waals surface area contributed by atoms with E-state index in [1.807, 2.05) is 4.90 Å². The van der Waals surface area contributed by atoms with Crippen molar-refractivity contribution in [1.82, 2.24) is 9.80 Å². The second-order valence-electron chi connectivity index (χ2n) is 4.51. The van der Waals surface area contributed by atoms with Crippen molar-refractivity contribution in [1.29, 1.82) is 0 Å². The molecular formula is C12H22N2O2. The van der Waals surface area contributed by atoms with Gasteiger partial charge in [-0.05, 0) is 26.3 Å². The molecule has 16 heavy (non-hydrogen) atoms. The molecule has 1 fully saturated rings. The van der Waals surface area contributed by atoms with Crippen LogP contribution in [0.1, 0.15) is 33.1 Å². The Bertz CT molecular complexity index is 245. The molecule has 1 aliphatic heterocycles. The van der Waals surface area contributed by atoms with Gasteiger partial charge in [-0.1, -0.05) is 0 Å². The second kappa shape index (κ2) is 6.63. The molecule has 1 rings (SSSR count). The second-order valence-corrected chi connectivity index (χ2v) is 4.51. The first kappa shape index (κ1) is 13.2. The highest BCUT2D eigenvalue weighted by Gasteiger charge is 2.17. The average molecular weight is 226 g/mol. The minimum absolute atomic E-state index is 0.177. The largest absolute Gasteiger partial charge is 0.340 e. The van der Waals surface area contributed by atoms with Crippen LogP contribution in [0.3, 0.4) is 0 Å². The third-order valence-electron chi connectivity index (χ3n) is 3.07. The predicted molar refractivity (Wildman–Crippen MR) is 63.2 cm³/mol. The molecule has 1 amide bonds. The van der Waals surface area contributed by atoms with Crippen LogP contribution in [-0.2, 0) is 9.59 Å². The van der Waals surface area contributed by atoms with Crippen molar-refractivity contribution < 1.29 is 9.59 Å². The van der Waals surface area contributed by atoms with E-state index in [9.17, 15) is 9.59 Å². The van der Waals surface area contributed by atoms with Crippen molar-refractivity contribution in [3.8, 4) is 0 Å². The first-order chi connectivity index (χ1) is 7.59. The molecule has 0 unspecified atom stereocenters. The van der Waals surface area contributed by atoms with Gasteiger partial charge in [0.1, 0.15) is 5.78 Å². The lowest BCUT2D eigenvalue weighted by Gasteiger charge is -2.34. The first-order valence-electron chi connectivity index (χ1n) is 6.07. The maximum Gasteiger partial charge on any atom is 0.219 e. The first-order valence-corrected chi connectivity index (χ1v) is 6.07. The van der Waals surface area contributed by atoms with E-state index in [1.54, 1.807) is 13.8 Å². The molecule has 0 atom stereocenters. The van der Waals surface area contributed by atoms with Gasteiger partial charge in [0.25, 0.3) is 0 Å². The molecule has 1 heterocycles. The van der Waals surface area contributed by atoms with Crippen LogP contribution >= 0.6 is 0 Å². The molecule has 0 N–H and O–H groups in total. The molecule has 0 aromatic carbocycles. The van der Waals surface area contributed by atoms with Gasteiger partial charge in [0.2, 0.25) is 5.91 Å². The zero-order valence-corrected chi connectivity index (χ0v) is 10.4. The Labute approximate surface area is 97.6 Å². The van der Waals surface area contributed by atoms with Gasteiger partial charge >= 0.3 is 0 Å². The molecular weight excluding hydrogens is 204 g/mol. The molecule has 1 aliphatic rings. The van der Waals surface area contributed by atoms with Crippen molar-refractivity contribution in [3.63, 3.8) is 0 Å². The maximum atomic E-state index is 11.1. The van der Waals surface area contributed by atoms with Gasteiger partial charge in [-0.25, -0.2) is 0 Å². The number of rotatable bonds is 5. The molecule has 4 nitrogen and oxygen atoms in total. The molecule has 0 aliphatic carbocycles. The van der Waals surface area contributed by atoms with Crippen molar-refractivity contribution in [2.75, 3.05) is 32.7 Å². The van der Waals surface area contributed by atoms with E-state index in [4.69, 9.17) is 0 Å². The summed E-state index contributed by atoms with van der Waals surface area (Å²) in [7, 11) is 0. The fraction of sp³-hybridized carbons (Fsp3) is 0.833. The summed E-state index contributed by atoms with van der Waals surface area (Å²) in [6.07, 6.45) is 2.77. The lowest BCUT2D eigenvalue weighted by Crippen LogP contribution is -2.48.